The minimum Gasteiger partial charge on any atom is -0.387 e. The molecule has 0 aliphatic carbocycles. The maximum absolute atomic E-state index is 13.0. The highest BCUT2D eigenvalue weighted by Gasteiger charge is 2.24. The minimum absolute atomic E-state index is 0.109. The van der Waals surface area contributed by atoms with E-state index in [0.29, 0.717) is 32.7 Å². The molecule has 1 unspecified atom stereocenters. The SMILES string of the molecule is N#C/C(=C/NCC1CCCO1)C(=O)N1CCN(c2ccc(F)cc2)CC1. The molecule has 2 saturated heterocycles. The fraction of sp³-hybridized carbons (Fsp3) is 0.474. The van der Waals surface area contributed by atoms with Crippen molar-refractivity contribution in [3.05, 3.63) is 41.9 Å². The lowest BCUT2D eigenvalue weighted by molar-refractivity contribution is -0.127. The van der Waals surface area contributed by atoms with Crippen molar-refractivity contribution in [2.24, 2.45) is 0 Å². The molecule has 2 aliphatic rings. The topological polar surface area (TPSA) is 68.6 Å². The van der Waals surface area contributed by atoms with Crippen LogP contribution in [0.3, 0.4) is 0 Å². The van der Waals surface area contributed by atoms with Crippen LogP contribution in [0, 0.1) is 17.1 Å². The highest BCUT2D eigenvalue weighted by molar-refractivity contribution is 5.97. The summed E-state index contributed by atoms with van der Waals surface area (Å²) < 4.78 is 18.5. The second-order valence-electron chi connectivity index (χ2n) is 6.47. The lowest BCUT2D eigenvalue weighted by atomic mass is 10.2. The molecule has 2 aliphatic heterocycles. The number of rotatable bonds is 5. The monoisotopic (exact) mass is 358 g/mol. The lowest BCUT2D eigenvalue weighted by Gasteiger charge is -2.36. The zero-order valence-corrected chi connectivity index (χ0v) is 14.7. The third-order valence-electron chi connectivity index (χ3n) is 4.73. The Bertz CT molecular complexity index is 684. The molecule has 138 valence electrons. The van der Waals surface area contributed by atoms with Gasteiger partial charge in [-0.25, -0.2) is 4.39 Å². The Morgan fingerprint density at radius 1 is 1.31 bits per heavy atom. The molecular formula is C19H23FN4O2. The molecule has 1 N–H and O–H groups in total. The first kappa shape index (κ1) is 18.2. The number of piperazine rings is 1. The van der Waals surface area contributed by atoms with Crippen LogP contribution in [0.2, 0.25) is 0 Å². The van der Waals surface area contributed by atoms with Crippen LogP contribution < -0.4 is 10.2 Å². The highest BCUT2D eigenvalue weighted by atomic mass is 19.1. The summed E-state index contributed by atoms with van der Waals surface area (Å²) in [5.41, 5.74) is 1.05. The zero-order chi connectivity index (χ0) is 18.4. The molecule has 1 aromatic rings. The van der Waals surface area contributed by atoms with Crippen LogP contribution >= 0.6 is 0 Å². The number of benzene rings is 1. The second kappa shape index (κ2) is 8.68. The van der Waals surface area contributed by atoms with Crippen molar-refractivity contribution in [2.45, 2.75) is 18.9 Å². The third-order valence-corrected chi connectivity index (χ3v) is 4.73. The molecule has 0 spiro atoms. The summed E-state index contributed by atoms with van der Waals surface area (Å²) in [6.07, 6.45) is 3.71. The van der Waals surface area contributed by atoms with Crippen LogP contribution in [0.4, 0.5) is 10.1 Å². The van der Waals surface area contributed by atoms with Crippen LogP contribution in [-0.2, 0) is 9.53 Å². The largest absolute Gasteiger partial charge is 0.387 e. The second-order valence-corrected chi connectivity index (χ2v) is 6.47. The number of hydrogen-bond acceptors (Lipinski definition) is 5. The van der Waals surface area contributed by atoms with Gasteiger partial charge in [0.2, 0.25) is 0 Å². The zero-order valence-electron chi connectivity index (χ0n) is 14.7. The van der Waals surface area contributed by atoms with Gasteiger partial charge in [-0.1, -0.05) is 0 Å². The smallest absolute Gasteiger partial charge is 0.266 e. The van der Waals surface area contributed by atoms with E-state index in [1.54, 1.807) is 17.0 Å². The summed E-state index contributed by atoms with van der Waals surface area (Å²) >= 11 is 0. The van der Waals surface area contributed by atoms with E-state index in [1.807, 2.05) is 6.07 Å². The maximum Gasteiger partial charge on any atom is 0.266 e. The molecule has 6 nitrogen and oxygen atoms in total. The Hall–Kier alpha value is -2.59. The molecule has 26 heavy (non-hydrogen) atoms. The molecule has 7 heteroatoms. The number of halogens is 1. The van der Waals surface area contributed by atoms with Crippen molar-refractivity contribution in [3.63, 3.8) is 0 Å². The fourth-order valence-corrected chi connectivity index (χ4v) is 3.23. The first-order chi connectivity index (χ1) is 12.7. The average molecular weight is 358 g/mol. The third kappa shape index (κ3) is 4.52. The molecule has 0 radical (unpaired) electrons. The molecule has 0 aromatic heterocycles. The van der Waals surface area contributed by atoms with E-state index in [1.165, 1.54) is 18.3 Å². The number of ether oxygens (including phenoxy) is 1. The van der Waals surface area contributed by atoms with Gasteiger partial charge in [-0.15, -0.1) is 0 Å². The van der Waals surface area contributed by atoms with Crippen molar-refractivity contribution < 1.29 is 13.9 Å². The number of nitriles is 1. The Balaban J connectivity index is 1.51. The van der Waals surface area contributed by atoms with Gasteiger partial charge in [0.25, 0.3) is 5.91 Å². The van der Waals surface area contributed by atoms with E-state index >= 15 is 0 Å². The average Bonchev–Trinajstić information content (AvgIpc) is 3.19. The van der Waals surface area contributed by atoms with E-state index in [2.05, 4.69) is 10.2 Å². The molecule has 1 amide bonds. The van der Waals surface area contributed by atoms with Crippen LogP contribution in [0.25, 0.3) is 0 Å². The summed E-state index contributed by atoms with van der Waals surface area (Å²) in [7, 11) is 0. The summed E-state index contributed by atoms with van der Waals surface area (Å²) in [5, 5.41) is 12.3. The van der Waals surface area contributed by atoms with Crippen molar-refractivity contribution in [1.29, 1.82) is 5.26 Å². The van der Waals surface area contributed by atoms with Gasteiger partial charge in [0.15, 0.2) is 0 Å². The lowest BCUT2D eigenvalue weighted by Crippen LogP contribution is -2.49. The molecule has 0 saturated carbocycles. The van der Waals surface area contributed by atoms with Crippen LogP contribution in [0.1, 0.15) is 12.8 Å². The number of carbonyl (C=O) groups excluding carboxylic acids is 1. The summed E-state index contributed by atoms with van der Waals surface area (Å²) in [4.78, 5) is 16.3. The summed E-state index contributed by atoms with van der Waals surface area (Å²) in [6.45, 7) is 3.75. The van der Waals surface area contributed by atoms with Crippen molar-refractivity contribution in [2.75, 3.05) is 44.2 Å². The number of nitrogens with zero attached hydrogens (tertiary/aromatic N) is 3. The van der Waals surface area contributed by atoms with Gasteiger partial charge in [-0.2, -0.15) is 5.26 Å². The van der Waals surface area contributed by atoms with E-state index in [4.69, 9.17) is 4.74 Å². The minimum atomic E-state index is -0.262. The Morgan fingerprint density at radius 3 is 2.65 bits per heavy atom. The molecule has 1 atom stereocenters. The Labute approximate surface area is 152 Å². The normalized spacial score (nSPS) is 20.8. The van der Waals surface area contributed by atoms with Gasteiger partial charge in [0.05, 0.1) is 6.10 Å². The van der Waals surface area contributed by atoms with E-state index < -0.39 is 0 Å². The molecule has 2 heterocycles. The van der Waals surface area contributed by atoms with Crippen molar-refractivity contribution in [3.8, 4) is 6.07 Å². The van der Waals surface area contributed by atoms with Crippen molar-refractivity contribution in [1.82, 2.24) is 10.2 Å². The van der Waals surface area contributed by atoms with Gasteiger partial charge >= 0.3 is 0 Å². The van der Waals surface area contributed by atoms with Crippen LogP contribution in [0.5, 0.6) is 0 Å². The predicted octanol–water partition coefficient (Wildman–Crippen LogP) is 1.65. The first-order valence-electron chi connectivity index (χ1n) is 8.92. The fourth-order valence-electron chi connectivity index (χ4n) is 3.23. The maximum atomic E-state index is 13.0. The van der Waals surface area contributed by atoms with Crippen LogP contribution in [-0.4, -0.2) is 56.2 Å². The van der Waals surface area contributed by atoms with Crippen LogP contribution in [0.15, 0.2) is 36.0 Å². The van der Waals surface area contributed by atoms with E-state index in [0.717, 1.165) is 25.1 Å². The van der Waals surface area contributed by atoms with Crippen molar-refractivity contribution >= 4 is 11.6 Å². The van der Waals surface area contributed by atoms with Gasteiger partial charge in [-0.3, -0.25) is 4.79 Å². The van der Waals surface area contributed by atoms with Gasteiger partial charge in [-0.05, 0) is 37.1 Å². The highest BCUT2D eigenvalue weighted by Crippen LogP contribution is 2.17. The molecule has 2 fully saturated rings. The number of anilines is 1. The summed E-state index contributed by atoms with van der Waals surface area (Å²) in [5.74, 6) is -0.520. The number of amides is 1. The first-order valence-corrected chi connectivity index (χ1v) is 8.92. The summed E-state index contributed by atoms with van der Waals surface area (Å²) in [6, 6.07) is 8.33. The molecule has 1 aromatic carbocycles. The number of carbonyl (C=O) groups is 1. The van der Waals surface area contributed by atoms with Gasteiger partial charge < -0.3 is 19.9 Å². The standard InChI is InChI=1S/C19H23FN4O2/c20-16-3-5-17(6-4-16)23-7-9-24(10-8-23)19(25)15(12-21)13-22-14-18-2-1-11-26-18/h3-6,13,18,22H,1-2,7-11,14H2/b15-13-. The predicted molar refractivity (Wildman–Crippen MR) is 95.9 cm³/mol. The Morgan fingerprint density at radius 2 is 2.04 bits per heavy atom. The van der Waals surface area contributed by atoms with Gasteiger partial charge in [0.1, 0.15) is 17.5 Å². The molecule has 0 bridgehead atoms. The number of hydrogen-bond donors (Lipinski definition) is 1. The molecule has 3 rings (SSSR count). The Kier molecular flexibility index (Phi) is 6.08. The van der Waals surface area contributed by atoms with E-state index in [9.17, 15) is 14.4 Å². The van der Waals surface area contributed by atoms with Gasteiger partial charge in [0, 0.05) is 51.2 Å². The molecular weight excluding hydrogens is 335 g/mol. The quantitative estimate of drug-likeness (QED) is 0.640. The van der Waals surface area contributed by atoms with E-state index in [-0.39, 0.29) is 23.4 Å². The number of nitrogens with one attached hydrogen (secondary N) is 1.